The van der Waals surface area contributed by atoms with Gasteiger partial charge in [-0.15, -0.1) is 0 Å². The fourth-order valence-electron chi connectivity index (χ4n) is 2.12. The Morgan fingerprint density at radius 1 is 1.32 bits per heavy atom. The average Bonchev–Trinajstić information content (AvgIpc) is 3.04. The average molecular weight is 373 g/mol. The van der Waals surface area contributed by atoms with Gasteiger partial charge in [0.05, 0.1) is 4.90 Å². The van der Waals surface area contributed by atoms with Crippen molar-refractivity contribution >= 4 is 21.9 Å². The smallest absolute Gasteiger partial charge is 0.261 e. The molecule has 12 heteroatoms. The van der Waals surface area contributed by atoms with E-state index in [0.29, 0.717) is 17.9 Å². The molecule has 138 valence electrons. The van der Waals surface area contributed by atoms with Gasteiger partial charge in [0.1, 0.15) is 6.04 Å². The molecule has 0 spiro atoms. The molecule has 1 aliphatic heterocycles. The maximum absolute atomic E-state index is 12.5. The normalized spacial score (nSPS) is 14.0. The molecule has 1 aromatic carbocycles. The number of carbonyl (C=O) groups is 1. The third-order valence-electron chi connectivity index (χ3n) is 3.32. The zero-order chi connectivity index (χ0) is 18.4. The summed E-state index contributed by atoms with van der Waals surface area (Å²) >= 11 is 0. The van der Waals surface area contributed by atoms with Crippen LogP contribution < -0.4 is 31.1 Å². The summed E-state index contributed by atoms with van der Waals surface area (Å²) in [4.78, 5) is 15.4. The molecule has 1 amide bonds. The number of aliphatic imine (C=N–C) groups is 1. The first-order chi connectivity index (χ1) is 11.8. The predicted molar refractivity (Wildman–Crippen MR) is 86.5 cm³/mol. The summed E-state index contributed by atoms with van der Waals surface area (Å²) in [6.45, 7) is 0.218. The van der Waals surface area contributed by atoms with Crippen LogP contribution in [0.2, 0.25) is 0 Å². The molecule has 0 aromatic heterocycles. The number of hydrogen-bond donors (Lipinski definition) is 5. The van der Waals surface area contributed by atoms with Gasteiger partial charge in [-0.2, -0.15) is 4.72 Å². The molecule has 7 N–H and O–H groups in total. The van der Waals surface area contributed by atoms with Crippen molar-refractivity contribution in [1.29, 1.82) is 0 Å². The molecule has 0 saturated heterocycles. The van der Waals surface area contributed by atoms with Crippen LogP contribution in [0, 0.1) is 0 Å². The van der Waals surface area contributed by atoms with Crippen LogP contribution in [0.5, 0.6) is 11.5 Å². The van der Waals surface area contributed by atoms with Gasteiger partial charge in [-0.3, -0.25) is 15.0 Å². The lowest BCUT2D eigenvalue weighted by atomic mass is 10.1. The van der Waals surface area contributed by atoms with Crippen LogP contribution in [-0.4, -0.2) is 44.9 Å². The minimum atomic E-state index is -4.03. The van der Waals surface area contributed by atoms with E-state index < -0.39 is 22.0 Å². The quantitative estimate of drug-likeness (QED) is 0.122. The van der Waals surface area contributed by atoms with Gasteiger partial charge < -0.3 is 20.9 Å². The van der Waals surface area contributed by atoms with Gasteiger partial charge in [0.15, 0.2) is 17.5 Å². The Kier molecular flexibility index (Phi) is 6.01. The third kappa shape index (κ3) is 4.95. The van der Waals surface area contributed by atoms with Crippen molar-refractivity contribution in [3.05, 3.63) is 18.2 Å². The van der Waals surface area contributed by atoms with E-state index in [4.69, 9.17) is 26.1 Å². The SMILES string of the molecule is NC(N)=NCCCC(NS(=O)(=O)c1ccc2c(c1)OCO2)C(=O)NO. The number of hydrogen-bond acceptors (Lipinski definition) is 7. The van der Waals surface area contributed by atoms with Gasteiger partial charge in [-0.05, 0) is 25.0 Å². The highest BCUT2D eigenvalue weighted by molar-refractivity contribution is 7.89. The maximum Gasteiger partial charge on any atom is 0.261 e. The van der Waals surface area contributed by atoms with E-state index in [-0.39, 0.29) is 30.6 Å². The number of nitrogens with zero attached hydrogens (tertiary/aromatic N) is 1. The minimum Gasteiger partial charge on any atom is -0.454 e. The fourth-order valence-corrected chi connectivity index (χ4v) is 3.37. The van der Waals surface area contributed by atoms with Crippen molar-refractivity contribution in [3.8, 4) is 11.5 Å². The van der Waals surface area contributed by atoms with E-state index in [1.165, 1.54) is 23.7 Å². The van der Waals surface area contributed by atoms with Crippen LogP contribution in [0.1, 0.15) is 12.8 Å². The van der Waals surface area contributed by atoms with Crippen molar-refractivity contribution in [3.63, 3.8) is 0 Å². The predicted octanol–water partition coefficient (Wildman–Crippen LogP) is -1.38. The zero-order valence-electron chi connectivity index (χ0n) is 13.1. The van der Waals surface area contributed by atoms with Crippen molar-refractivity contribution in [2.75, 3.05) is 13.3 Å². The van der Waals surface area contributed by atoms with Crippen LogP contribution in [0.4, 0.5) is 0 Å². The van der Waals surface area contributed by atoms with Crippen molar-refractivity contribution in [2.24, 2.45) is 16.5 Å². The number of amides is 1. The van der Waals surface area contributed by atoms with E-state index in [0.717, 1.165) is 0 Å². The molecule has 1 aliphatic rings. The van der Waals surface area contributed by atoms with Gasteiger partial charge in [-0.1, -0.05) is 0 Å². The van der Waals surface area contributed by atoms with E-state index in [9.17, 15) is 13.2 Å². The standard InChI is InChI=1S/C13H19N5O6S/c14-13(15)16-5-1-2-9(12(19)17-20)18-25(21,22)8-3-4-10-11(6-8)24-7-23-10/h3-4,6,9,18,20H,1-2,5,7H2,(H,17,19)(H4,14,15,16). The van der Waals surface area contributed by atoms with Gasteiger partial charge in [0, 0.05) is 12.6 Å². The number of fused-ring (bicyclic) bond motifs is 1. The van der Waals surface area contributed by atoms with Crippen molar-refractivity contribution < 1.29 is 27.9 Å². The highest BCUT2D eigenvalue weighted by Crippen LogP contribution is 2.33. The second-order valence-electron chi connectivity index (χ2n) is 5.11. The van der Waals surface area contributed by atoms with Crippen molar-refractivity contribution in [1.82, 2.24) is 10.2 Å². The number of rotatable bonds is 8. The first kappa shape index (κ1) is 18.8. The summed E-state index contributed by atoms with van der Waals surface area (Å²) in [7, 11) is -4.03. The van der Waals surface area contributed by atoms with Crippen molar-refractivity contribution in [2.45, 2.75) is 23.8 Å². The number of benzene rings is 1. The molecule has 1 atom stereocenters. The molecular weight excluding hydrogens is 354 g/mol. The van der Waals surface area contributed by atoms with E-state index in [2.05, 4.69) is 9.71 Å². The molecule has 25 heavy (non-hydrogen) atoms. The van der Waals surface area contributed by atoms with Crippen LogP contribution in [0.3, 0.4) is 0 Å². The Balaban J connectivity index is 2.10. The van der Waals surface area contributed by atoms with Gasteiger partial charge in [0.25, 0.3) is 5.91 Å². The lowest BCUT2D eigenvalue weighted by Gasteiger charge is -2.16. The molecule has 0 fully saturated rings. The number of sulfonamides is 1. The fraction of sp³-hybridized carbons (Fsp3) is 0.385. The lowest BCUT2D eigenvalue weighted by molar-refractivity contribution is -0.131. The summed E-state index contributed by atoms with van der Waals surface area (Å²) in [5.41, 5.74) is 11.8. The molecule has 0 bridgehead atoms. The van der Waals surface area contributed by atoms with Crippen LogP contribution in [0.25, 0.3) is 0 Å². The highest BCUT2D eigenvalue weighted by Gasteiger charge is 2.27. The van der Waals surface area contributed by atoms with Crippen LogP contribution >= 0.6 is 0 Å². The monoisotopic (exact) mass is 373 g/mol. The van der Waals surface area contributed by atoms with Crippen LogP contribution in [0.15, 0.2) is 28.1 Å². The number of carbonyl (C=O) groups excluding carboxylic acids is 1. The molecule has 1 heterocycles. The summed E-state index contributed by atoms with van der Waals surface area (Å²) in [6, 6.07) is 2.87. The third-order valence-corrected chi connectivity index (χ3v) is 4.79. The topological polar surface area (TPSA) is 178 Å². The number of guanidine groups is 1. The number of hydroxylamine groups is 1. The Morgan fingerprint density at radius 3 is 2.72 bits per heavy atom. The largest absolute Gasteiger partial charge is 0.454 e. The van der Waals surface area contributed by atoms with E-state index >= 15 is 0 Å². The number of ether oxygens (including phenoxy) is 2. The molecule has 0 saturated carbocycles. The second kappa shape index (κ2) is 8.00. The number of nitrogens with one attached hydrogen (secondary N) is 2. The van der Waals surface area contributed by atoms with Gasteiger partial charge in [0.2, 0.25) is 16.8 Å². The first-order valence-corrected chi connectivity index (χ1v) is 8.73. The Labute approximate surface area is 144 Å². The molecular formula is C13H19N5O6S. The Morgan fingerprint density at radius 2 is 2.04 bits per heavy atom. The molecule has 0 radical (unpaired) electrons. The lowest BCUT2D eigenvalue weighted by Crippen LogP contribution is -2.45. The van der Waals surface area contributed by atoms with Gasteiger partial charge in [-0.25, -0.2) is 13.9 Å². The summed E-state index contributed by atoms with van der Waals surface area (Å²) in [5, 5.41) is 8.81. The second-order valence-corrected chi connectivity index (χ2v) is 6.83. The first-order valence-electron chi connectivity index (χ1n) is 7.25. The Hall–Kier alpha value is -2.57. The zero-order valence-corrected chi connectivity index (χ0v) is 14.0. The maximum atomic E-state index is 12.5. The van der Waals surface area contributed by atoms with E-state index in [1.807, 2.05) is 0 Å². The molecule has 0 aliphatic carbocycles. The summed E-state index contributed by atoms with van der Waals surface area (Å²) < 4.78 is 37.4. The summed E-state index contributed by atoms with van der Waals surface area (Å²) in [5.74, 6) is -0.280. The van der Waals surface area contributed by atoms with Gasteiger partial charge >= 0.3 is 0 Å². The molecule has 1 aromatic rings. The van der Waals surface area contributed by atoms with E-state index in [1.54, 1.807) is 0 Å². The molecule has 11 nitrogen and oxygen atoms in total. The van der Waals surface area contributed by atoms with Crippen LogP contribution in [-0.2, 0) is 14.8 Å². The highest BCUT2D eigenvalue weighted by atomic mass is 32.2. The number of nitrogens with two attached hydrogens (primary N) is 2. The minimum absolute atomic E-state index is 0.00655. The Bertz CT molecular complexity index is 762. The molecule has 2 rings (SSSR count). The molecule has 1 unspecified atom stereocenters. The summed E-state index contributed by atoms with van der Waals surface area (Å²) in [6.07, 6.45) is 0.395.